The van der Waals surface area contributed by atoms with Crippen LogP contribution in [0.2, 0.25) is 0 Å². The van der Waals surface area contributed by atoms with Gasteiger partial charge < -0.3 is 10.6 Å². The van der Waals surface area contributed by atoms with Crippen molar-refractivity contribution in [3.05, 3.63) is 29.8 Å². The van der Waals surface area contributed by atoms with Crippen LogP contribution in [-0.4, -0.2) is 18.5 Å². The summed E-state index contributed by atoms with van der Waals surface area (Å²) < 4.78 is 0. The fraction of sp³-hybridized carbons (Fsp3) is 0.417. The molecule has 0 radical (unpaired) electrons. The molecule has 1 aliphatic heterocycles. The molecule has 2 rings (SSSR count). The SMILES string of the molecule is CCC(C(N)=O)N1CCc2ccccc21. The fourth-order valence-electron chi connectivity index (χ4n) is 2.26. The second-order valence-corrected chi connectivity index (χ2v) is 3.90. The zero-order chi connectivity index (χ0) is 10.8. The highest BCUT2D eigenvalue weighted by atomic mass is 16.1. The molecule has 80 valence electrons. The molecule has 0 fully saturated rings. The summed E-state index contributed by atoms with van der Waals surface area (Å²) in [6, 6.07) is 8.06. The van der Waals surface area contributed by atoms with Gasteiger partial charge in [0.05, 0.1) is 0 Å². The Morgan fingerprint density at radius 3 is 2.93 bits per heavy atom. The Labute approximate surface area is 89.9 Å². The second kappa shape index (κ2) is 3.93. The van der Waals surface area contributed by atoms with Crippen LogP contribution < -0.4 is 10.6 Å². The quantitative estimate of drug-likeness (QED) is 0.807. The number of primary amides is 1. The highest BCUT2D eigenvalue weighted by Gasteiger charge is 2.27. The first-order valence-corrected chi connectivity index (χ1v) is 5.38. The number of nitrogens with two attached hydrogens (primary N) is 1. The molecule has 1 amide bonds. The Morgan fingerprint density at radius 1 is 1.53 bits per heavy atom. The standard InChI is InChI=1S/C12H16N2O/c1-2-10(12(13)15)14-8-7-9-5-3-4-6-11(9)14/h3-6,10H,2,7-8H2,1H3,(H2,13,15). The molecule has 1 unspecified atom stereocenters. The predicted molar refractivity (Wildman–Crippen MR) is 60.8 cm³/mol. The van der Waals surface area contributed by atoms with Gasteiger partial charge in [-0.3, -0.25) is 4.79 Å². The lowest BCUT2D eigenvalue weighted by atomic mass is 10.1. The van der Waals surface area contributed by atoms with E-state index in [0.717, 1.165) is 19.4 Å². The first-order chi connectivity index (χ1) is 7.24. The van der Waals surface area contributed by atoms with Gasteiger partial charge in [0, 0.05) is 12.2 Å². The molecule has 1 aromatic carbocycles. The van der Waals surface area contributed by atoms with Crippen molar-refractivity contribution in [3.63, 3.8) is 0 Å². The summed E-state index contributed by atoms with van der Waals surface area (Å²) in [7, 11) is 0. The maximum absolute atomic E-state index is 11.3. The molecule has 0 aliphatic carbocycles. The Bertz CT molecular complexity index is 376. The molecule has 3 heteroatoms. The molecule has 0 aromatic heterocycles. The third-order valence-electron chi connectivity index (χ3n) is 3.01. The number of anilines is 1. The number of rotatable bonds is 3. The van der Waals surface area contributed by atoms with Crippen molar-refractivity contribution in [1.82, 2.24) is 0 Å². The van der Waals surface area contributed by atoms with E-state index in [1.54, 1.807) is 0 Å². The van der Waals surface area contributed by atoms with E-state index in [-0.39, 0.29) is 11.9 Å². The Hall–Kier alpha value is -1.51. The summed E-state index contributed by atoms with van der Waals surface area (Å²) in [6.45, 7) is 2.90. The van der Waals surface area contributed by atoms with Crippen LogP contribution >= 0.6 is 0 Å². The summed E-state index contributed by atoms with van der Waals surface area (Å²) >= 11 is 0. The van der Waals surface area contributed by atoms with Crippen molar-refractivity contribution < 1.29 is 4.79 Å². The van der Waals surface area contributed by atoms with E-state index >= 15 is 0 Å². The van der Waals surface area contributed by atoms with Gasteiger partial charge in [0.15, 0.2) is 0 Å². The summed E-state index contributed by atoms with van der Waals surface area (Å²) in [4.78, 5) is 13.4. The molecule has 0 bridgehead atoms. The zero-order valence-corrected chi connectivity index (χ0v) is 8.94. The maximum atomic E-state index is 11.3. The summed E-state index contributed by atoms with van der Waals surface area (Å²) in [6.07, 6.45) is 1.78. The van der Waals surface area contributed by atoms with E-state index < -0.39 is 0 Å². The van der Waals surface area contributed by atoms with E-state index in [4.69, 9.17) is 5.73 Å². The molecular weight excluding hydrogens is 188 g/mol. The third kappa shape index (κ3) is 1.69. The van der Waals surface area contributed by atoms with Crippen LogP contribution in [0.25, 0.3) is 0 Å². The van der Waals surface area contributed by atoms with Gasteiger partial charge in [-0.2, -0.15) is 0 Å². The molecule has 0 saturated carbocycles. The molecule has 3 nitrogen and oxygen atoms in total. The molecule has 1 heterocycles. The molecule has 15 heavy (non-hydrogen) atoms. The first-order valence-electron chi connectivity index (χ1n) is 5.38. The highest BCUT2D eigenvalue weighted by molar-refractivity contribution is 5.84. The number of hydrogen-bond donors (Lipinski definition) is 1. The Kier molecular flexibility index (Phi) is 2.62. The predicted octanol–water partition coefficient (Wildman–Crippen LogP) is 1.31. The number of para-hydroxylation sites is 1. The van der Waals surface area contributed by atoms with Gasteiger partial charge >= 0.3 is 0 Å². The topological polar surface area (TPSA) is 46.3 Å². The number of hydrogen-bond acceptors (Lipinski definition) is 2. The summed E-state index contributed by atoms with van der Waals surface area (Å²) in [5, 5.41) is 0. The van der Waals surface area contributed by atoms with Gasteiger partial charge in [0.1, 0.15) is 6.04 Å². The molecule has 0 spiro atoms. The fourth-order valence-corrected chi connectivity index (χ4v) is 2.26. The molecule has 2 N–H and O–H groups in total. The van der Waals surface area contributed by atoms with Crippen LogP contribution in [0.15, 0.2) is 24.3 Å². The Morgan fingerprint density at radius 2 is 2.27 bits per heavy atom. The lowest BCUT2D eigenvalue weighted by molar-refractivity contribution is -0.119. The Balaban J connectivity index is 2.30. The monoisotopic (exact) mass is 204 g/mol. The number of nitrogens with zero attached hydrogens (tertiary/aromatic N) is 1. The van der Waals surface area contributed by atoms with Crippen LogP contribution in [0, 0.1) is 0 Å². The van der Waals surface area contributed by atoms with Crippen molar-refractivity contribution in [2.24, 2.45) is 5.73 Å². The van der Waals surface area contributed by atoms with E-state index in [0.29, 0.717) is 0 Å². The van der Waals surface area contributed by atoms with E-state index in [1.165, 1.54) is 11.3 Å². The van der Waals surface area contributed by atoms with Gasteiger partial charge in [-0.05, 0) is 24.5 Å². The van der Waals surface area contributed by atoms with Gasteiger partial charge in [0.25, 0.3) is 0 Å². The molecular formula is C12H16N2O. The molecule has 1 atom stereocenters. The number of carbonyl (C=O) groups excluding carboxylic acids is 1. The van der Waals surface area contributed by atoms with E-state index in [2.05, 4.69) is 17.0 Å². The van der Waals surface area contributed by atoms with Crippen LogP contribution in [0.3, 0.4) is 0 Å². The van der Waals surface area contributed by atoms with E-state index in [9.17, 15) is 4.79 Å². The van der Waals surface area contributed by atoms with Gasteiger partial charge in [-0.15, -0.1) is 0 Å². The molecule has 1 aromatic rings. The lowest BCUT2D eigenvalue weighted by Crippen LogP contribution is -2.43. The number of carbonyl (C=O) groups is 1. The van der Waals surface area contributed by atoms with Gasteiger partial charge in [0.2, 0.25) is 5.91 Å². The average Bonchev–Trinajstić information content (AvgIpc) is 2.63. The maximum Gasteiger partial charge on any atom is 0.240 e. The van der Waals surface area contributed by atoms with Crippen molar-refractivity contribution >= 4 is 11.6 Å². The van der Waals surface area contributed by atoms with Crippen molar-refractivity contribution in [3.8, 4) is 0 Å². The smallest absolute Gasteiger partial charge is 0.240 e. The van der Waals surface area contributed by atoms with Crippen LogP contribution in [-0.2, 0) is 11.2 Å². The molecule has 1 aliphatic rings. The average molecular weight is 204 g/mol. The van der Waals surface area contributed by atoms with Gasteiger partial charge in [-0.25, -0.2) is 0 Å². The highest BCUT2D eigenvalue weighted by Crippen LogP contribution is 2.29. The first kappa shape index (κ1) is 10.0. The van der Waals surface area contributed by atoms with Crippen molar-refractivity contribution in [2.45, 2.75) is 25.8 Å². The van der Waals surface area contributed by atoms with Crippen molar-refractivity contribution in [2.75, 3.05) is 11.4 Å². The summed E-state index contributed by atoms with van der Waals surface area (Å²) in [5.41, 5.74) is 7.89. The minimum atomic E-state index is -0.228. The number of fused-ring (bicyclic) bond motifs is 1. The minimum absolute atomic E-state index is 0.159. The molecule has 0 saturated heterocycles. The lowest BCUT2D eigenvalue weighted by Gasteiger charge is -2.26. The normalized spacial score (nSPS) is 16.2. The largest absolute Gasteiger partial charge is 0.368 e. The number of benzene rings is 1. The summed E-state index contributed by atoms with van der Waals surface area (Å²) in [5.74, 6) is -0.228. The van der Waals surface area contributed by atoms with Gasteiger partial charge in [-0.1, -0.05) is 25.1 Å². The number of amides is 1. The van der Waals surface area contributed by atoms with Crippen LogP contribution in [0.5, 0.6) is 0 Å². The van der Waals surface area contributed by atoms with Crippen molar-refractivity contribution in [1.29, 1.82) is 0 Å². The second-order valence-electron chi connectivity index (χ2n) is 3.90. The van der Waals surface area contributed by atoms with Crippen LogP contribution in [0.1, 0.15) is 18.9 Å². The minimum Gasteiger partial charge on any atom is -0.368 e. The third-order valence-corrected chi connectivity index (χ3v) is 3.01. The van der Waals surface area contributed by atoms with E-state index in [1.807, 2.05) is 19.1 Å². The van der Waals surface area contributed by atoms with Crippen LogP contribution in [0.4, 0.5) is 5.69 Å². The zero-order valence-electron chi connectivity index (χ0n) is 8.94.